The first kappa shape index (κ1) is 11.3. The molecule has 0 atom stereocenters. The zero-order valence-electron chi connectivity index (χ0n) is 9.79. The van der Waals surface area contributed by atoms with E-state index in [1.54, 1.807) is 11.3 Å². The van der Waals surface area contributed by atoms with Crippen molar-refractivity contribution in [3.63, 3.8) is 0 Å². The lowest BCUT2D eigenvalue weighted by molar-refractivity contribution is 0.180. The predicted molar refractivity (Wildman–Crippen MR) is 75.1 cm³/mol. The fourth-order valence-electron chi connectivity index (χ4n) is 2.24. The second kappa shape index (κ2) is 4.14. The molecule has 1 heterocycles. The van der Waals surface area contributed by atoms with Crippen LogP contribution < -0.4 is 5.32 Å². The van der Waals surface area contributed by atoms with Crippen molar-refractivity contribution in [3.05, 3.63) is 23.2 Å². The molecular formula is C13H15ClN2S. The maximum atomic E-state index is 6.14. The van der Waals surface area contributed by atoms with Gasteiger partial charge in [0.15, 0.2) is 5.13 Å². The number of thiazole rings is 1. The highest BCUT2D eigenvalue weighted by Gasteiger charge is 2.31. The van der Waals surface area contributed by atoms with Gasteiger partial charge in [0.25, 0.3) is 0 Å². The van der Waals surface area contributed by atoms with E-state index in [0.717, 1.165) is 26.9 Å². The summed E-state index contributed by atoms with van der Waals surface area (Å²) in [5.41, 5.74) is 1.46. The maximum Gasteiger partial charge on any atom is 0.183 e. The van der Waals surface area contributed by atoms with E-state index >= 15 is 0 Å². The van der Waals surface area contributed by atoms with Crippen LogP contribution in [0.5, 0.6) is 0 Å². The minimum Gasteiger partial charge on any atom is -0.361 e. The number of nitrogens with zero attached hydrogens (tertiary/aromatic N) is 1. The number of rotatable bonds is 3. The van der Waals surface area contributed by atoms with Crippen LogP contribution in [0.2, 0.25) is 5.02 Å². The van der Waals surface area contributed by atoms with Crippen molar-refractivity contribution in [2.24, 2.45) is 5.41 Å². The van der Waals surface area contributed by atoms with Gasteiger partial charge in [-0.25, -0.2) is 4.98 Å². The molecule has 1 fully saturated rings. The molecule has 0 amide bonds. The van der Waals surface area contributed by atoms with Crippen LogP contribution >= 0.6 is 22.9 Å². The molecule has 0 aliphatic heterocycles. The standard InChI is InChI=1S/C13H15ClN2S/c1-13(6-3-7-13)8-15-12-16-10-5-2-4-9(14)11(10)17-12/h2,4-5H,3,6-8H2,1H3,(H,15,16). The summed E-state index contributed by atoms with van der Waals surface area (Å²) < 4.78 is 1.08. The molecule has 1 aliphatic rings. The van der Waals surface area contributed by atoms with Crippen molar-refractivity contribution in [1.29, 1.82) is 0 Å². The van der Waals surface area contributed by atoms with Gasteiger partial charge in [-0.15, -0.1) is 0 Å². The van der Waals surface area contributed by atoms with Crippen LogP contribution in [0.1, 0.15) is 26.2 Å². The van der Waals surface area contributed by atoms with Gasteiger partial charge in [-0.3, -0.25) is 0 Å². The van der Waals surface area contributed by atoms with Crippen molar-refractivity contribution in [2.75, 3.05) is 11.9 Å². The highest BCUT2D eigenvalue weighted by molar-refractivity contribution is 7.22. The Labute approximate surface area is 110 Å². The van der Waals surface area contributed by atoms with E-state index in [2.05, 4.69) is 17.2 Å². The van der Waals surface area contributed by atoms with E-state index < -0.39 is 0 Å². The quantitative estimate of drug-likeness (QED) is 0.881. The first-order chi connectivity index (χ1) is 8.16. The smallest absolute Gasteiger partial charge is 0.183 e. The lowest BCUT2D eigenvalue weighted by atomic mass is 9.70. The molecule has 1 aliphatic carbocycles. The lowest BCUT2D eigenvalue weighted by Gasteiger charge is -2.38. The summed E-state index contributed by atoms with van der Waals surface area (Å²) in [7, 11) is 0. The fourth-order valence-corrected chi connectivity index (χ4v) is 3.39. The van der Waals surface area contributed by atoms with Crippen molar-refractivity contribution >= 4 is 38.3 Å². The number of hydrogen-bond donors (Lipinski definition) is 1. The Kier molecular flexibility index (Phi) is 2.75. The third-order valence-corrected chi connectivity index (χ3v) is 5.08. The molecule has 0 radical (unpaired) electrons. The number of anilines is 1. The molecule has 1 saturated carbocycles. The number of nitrogens with one attached hydrogen (secondary N) is 1. The van der Waals surface area contributed by atoms with Gasteiger partial charge in [0.2, 0.25) is 0 Å². The van der Waals surface area contributed by atoms with Gasteiger partial charge in [-0.05, 0) is 30.4 Å². The number of halogens is 1. The monoisotopic (exact) mass is 266 g/mol. The van der Waals surface area contributed by atoms with Gasteiger partial charge in [0.05, 0.1) is 15.2 Å². The molecule has 0 bridgehead atoms. The van der Waals surface area contributed by atoms with Crippen molar-refractivity contribution in [2.45, 2.75) is 26.2 Å². The van der Waals surface area contributed by atoms with Gasteiger partial charge in [-0.2, -0.15) is 0 Å². The fraction of sp³-hybridized carbons (Fsp3) is 0.462. The van der Waals surface area contributed by atoms with Crippen LogP contribution in [-0.4, -0.2) is 11.5 Å². The second-order valence-corrected chi connectivity index (χ2v) is 6.53. The highest BCUT2D eigenvalue weighted by atomic mass is 35.5. The number of hydrogen-bond acceptors (Lipinski definition) is 3. The normalized spacial score (nSPS) is 18.0. The second-order valence-electron chi connectivity index (χ2n) is 5.12. The summed E-state index contributed by atoms with van der Waals surface area (Å²) >= 11 is 7.79. The summed E-state index contributed by atoms with van der Waals surface area (Å²) in [6.45, 7) is 3.36. The van der Waals surface area contributed by atoms with E-state index in [0.29, 0.717) is 5.41 Å². The molecule has 2 nitrogen and oxygen atoms in total. The van der Waals surface area contributed by atoms with Gasteiger partial charge in [0, 0.05) is 6.54 Å². The highest BCUT2D eigenvalue weighted by Crippen LogP contribution is 2.41. The molecule has 1 aromatic carbocycles. The molecule has 0 unspecified atom stereocenters. The Morgan fingerprint density at radius 2 is 2.29 bits per heavy atom. The van der Waals surface area contributed by atoms with Crippen molar-refractivity contribution in [3.8, 4) is 0 Å². The Hall–Kier alpha value is -0.800. The molecule has 1 N–H and O–H groups in total. The Balaban J connectivity index is 1.79. The first-order valence-corrected chi connectivity index (χ1v) is 7.15. The lowest BCUT2D eigenvalue weighted by Crippen LogP contribution is -2.33. The van der Waals surface area contributed by atoms with E-state index in [-0.39, 0.29) is 0 Å². The maximum absolute atomic E-state index is 6.14. The molecule has 0 spiro atoms. The first-order valence-electron chi connectivity index (χ1n) is 5.95. The SMILES string of the molecule is CC1(CNc2nc3cccc(Cl)c3s2)CCC1. The van der Waals surface area contributed by atoms with Gasteiger partial charge < -0.3 is 5.32 Å². The van der Waals surface area contributed by atoms with Gasteiger partial charge >= 0.3 is 0 Å². The molecular weight excluding hydrogens is 252 g/mol. The van der Waals surface area contributed by atoms with Crippen LogP contribution in [0.15, 0.2) is 18.2 Å². The predicted octanol–water partition coefficient (Wildman–Crippen LogP) is 4.55. The largest absolute Gasteiger partial charge is 0.361 e. The number of fused-ring (bicyclic) bond motifs is 1. The van der Waals surface area contributed by atoms with Crippen LogP contribution in [-0.2, 0) is 0 Å². The van der Waals surface area contributed by atoms with E-state index in [1.807, 2.05) is 18.2 Å². The van der Waals surface area contributed by atoms with Crippen LogP contribution in [0.3, 0.4) is 0 Å². The number of aromatic nitrogens is 1. The van der Waals surface area contributed by atoms with E-state index in [1.165, 1.54) is 19.3 Å². The molecule has 0 saturated heterocycles. The summed E-state index contributed by atoms with van der Waals surface area (Å²) in [6, 6.07) is 5.87. The topological polar surface area (TPSA) is 24.9 Å². The van der Waals surface area contributed by atoms with Crippen LogP contribution in [0.4, 0.5) is 5.13 Å². The Morgan fingerprint density at radius 1 is 1.47 bits per heavy atom. The molecule has 3 rings (SSSR count). The molecule has 2 aromatic rings. The average molecular weight is 267 g/mol. The summed E-state index contributed by atoms with van der Waals surface area (Å²) in [5, 5.41) is 5.23. The minimum atomic E-state index is 0.474. The third kappa shape index (κ3) is 2.14. The number of benzene rings is 1. The molecule has 4 heteroatoms. The van der Waals surface area contributed by atoms with E-state index in [9.17, 15) is 0 Å². The third-order valence-electron chi connectivity index (χ3n) is 3.59. The molecule has 90 valence electrons. The minimum absolute atomic E-state index is 0.474. The van der Waals surface area contributed by atoms with E-state index in [4.69, 9.17) is 11.6 Å². The summed E-state index contributed by atoms with van der Waals surface area (Å²) in [5.74, 6) is 0. The summed E-state index contributed by atoms with van der Waals surface area (Å²) in [4.78, 5) is 4.56. The average Bonchev–Trinajstić information content (AvgIpc) is 2.68. The Morgan fingerprint density at radius 3 is 2.94 bits per heavy atom. The zero-order chi connectivity index (χ0) is 11.9. The van der Waals surface area contributed by atoms with Gasteiger partial charge in [0.1, 0.15) is 0 Å². The molecule has 17 heavy (non-hydrogen) atoms. The van der Waals surface area contributed by atoms with Crippen molar-refractivity contribution in [1.82, 2.24) is 4.98 Å². The summed E-state index contributed by atoms with van der Waals surface area (Å²) in [6.07, 6.45) is 4.02. The zero-order valence-corrected chi connectivity index (χ0v) is 11.4. The molecule has 1 aromatic heterocycles. The van der Waals surface area contributed by atoms with Gasteiger partial charge in [-0.1, -0.05) is 42.3 Å². The Bertz CT molecular complexity index is 545. The van der Waals surface area contributed by atoms with Crippen LogP contribution in [0.25, 0.3) is 10.2 Å². The van der Waals surface area contributed by atoms with Crippen LogP contribution in [0, 0.1) is 5.41 Å². The van der Waals surface area contributed by atoms with Crippen molar-refractivity contribution < 1.29 is 0 Å².